The Labute approximate surface area is 128 Å². The molecule has 0 fully saturated rings. The molecule has 1 heterocycles. The molecule has 0 bridgehead atoms. The number of rotatable bonds is 1. The van der Waals surface area contributed by atoms with E-state index < -0.39 is 0 Å². The molecule has 0 radical (unpaired) electrons. The normalized spacial score (nSPS) is 13.5. The largest absolute Gasteiger partial charge is 0.508 e. The summed E-state index contributed by atoms with van der Waals surface area (Å²) in [5, 5.41) is 9.54. The first kappa shape index (κ1) is 12.5. The molecule has 1 aliphatic heterocycles. The summed E-state index contributed by atoms with van der Waals surface area (Å²) in [6.45, 7) is 0. The topological polar surface area (TPSA) is 20.2 Å². The van der Waals surface area contributed by atoms with E-state index in [0.717, 1.165) is 0 Å². The standard InChI is InChI=1S/C19H14OS/c20-14-11-9-13(10-12-14)19-15-5-1-3-7-17(15)21-18-8-4-2-6-16(18)19/h1-12,19-20H. The predicted octanol–water partition coefficient (Wildman–Crippen LogP) is 5.04. The van der Waals surface area contributed by atoms with Crippen LogP contribution in [0, 0.1) is 0 Å². The van der Waals surface area contributed by atoms with E-state index in [1.807, 2.05) is 23.9 Å². The van der Waals surface area contributed by atoms with Gasteiger partial charge in [0.05, 0.1) is 0 Å². The van der Waals surface area contributed by atoms with Gasteiger partial charge in [-0.1, -0.05) is 60.3 Å². The third-order valence-electron chi connectivity index (χ3n) is 3.91. The summed E-state index contributed by atoms with van der Waals surface area (Å²) in [5.41, 5.74) is 3.90. The molecule has 3 aromatic rings. The lowest BCUT2D eigenvalue weighted by Gasteiger charge is -2.28. The molecular weight excluding hydrogens is 276 g/mol. The molecular formula is C19H14OS. The number of phenolic OH excluding ortho intramolecular Hbond substituents is 1. The van der Waals surface area contributed by atoms with Gasteiger partial charge >= 0.3 is 0 Å². The van der Waals surface area contributed by atoms with Gasteiger partial charge in [0.2, 0.25) is 0 Å². The van der Waals surface area contributed by atoms with Gasteiger partial charge in [-0.25, -0.2) is 0 Å². The second-order valence-corrected chi connectivity index (χ2v) is 6.29. The van der Waals surface area contributed by atoms with Gasteiger partial charge in [-0.05, 0) is 41.0 Å². The lowest BCUT2D eigenvalue weighted by Crippen LogP contribution is -2.09. The lowest BCUT2D eigenvalue weighted by atomic mass is 9.84. The molecule has 0 saturated heterocycles. The number of phenols is 1. The van der Waals surface area contributed by atoms with Crippen molar-refractivity contribution in [3.8, 4) is 5.75 Å². The maximum atomic E-state index is 9.54. The quantitative estimate of drug-likeness (QED) is 0.530. The minimum Gasteiger partial charge on any atom is -0.508 e. The number of aromatic hydroxyl groups is 1. The third-order valence-corrected chi connectivity index (χ3v) is 5.09. The first-order chi connectivity index (χ1) is 10.3. The van der Waals surface area contributed by atoms with Crippen molar-refractivity contribution in [2.45, 2.75) is 15.7 Å². The van der Waals surface area contributed by atoms with Gasteiger partial charge < -0.3 is 5.11 Å². The Hall–Kier alpha value is -2.19. The van der Waals surface area contributed by atoms with Crippen LogP contribution in [0.25, 0.3) is 0 Å². The Morgan fingerprint density at radius 3 is 1.76 bits per heavy atom. The predicted molar refractivity (Wildman–Crippen MR) is 86.1 cm³/mol. The molecule has 2 heteroatoms. The van der Waals surface area contributed by atoms with Crippen LogP contribution in [0.5, 0.6) is 5.75 Å². The highest BCUT2D eigenvalue weighted by Crippen LogP contribution is 2.48. The Kier molecular flexibility index (Phi) is 2.97. The summed E-state index contributed by atoms with van der Waals surface area (Å²) in [7, 11) is 0. The molecule has 0 saturated carbocycles. The van der Waals surface area contributed by atoms with Gasteiger partial charge in [-0.2, -0.15) is 0 Å². The monoisotopic (exact) mass is 290 g/mol. The summed E-state index contributed by atoms with van der Waals surface area (Å²) in [4.78, 5) is 2.63. The average molecular weight is 290 g/mol. The molecule has 4 rings (SSSR count). The van der Waals surface area contributed by atoms with Crippen LogP contribution in [-0.2, 0) is 0 Å². The SMILES string of the molecule is Oc1ccc(C2c3ccccc3Sc3ccccc32)cc1. The molecule has 1 aliphatic rings. The Bertz CT molecular complexity index is 747. The van der Waals surface area contributed by atoms with Crippen molar-refractivity contribution in [3.05, 3.63) is 89.5 Å². The Morgan fingerprint density at radius 1 is 0.667 bits per heavy atom. The molecule has 0 atom stereocenters. The molecule has 0 unspecified atom stereocenters. The smallest absolute Gasteiger partial charge is 0.115 e. The second-order valence-electron chi connectivity index (χ2n) is 5.20. The second kappa shape index (κ2) is 4.97. The van der Waals surface area contributed by atoms with E-state index in [2.05, 4.69) is 48.5 Å². The van der Waals surface area contributed by atoms with E-state index in [-0.39, 0.29) is 5.92 Å². The highest BCUT2D eigenvalue weighted by atomic mass is 32.2. The first-order valence-corrected chi connectivity index (χ1v) is 7.79. The van der Waals surface area contributed by atoms with Crippen molar-refractivity contribution in [1.29, 1.82) is 0 Å². The zero-order chi connectivity index (χ0) is 14.2. The van der Waals surface area contributed by atoms with Crippen molar-refractivity contribution in [3.63, 3.8) is 0 Å². The van der Waals surface area contributed by atoms with E-state index in [0.29, 0.717) is 5.75 Å². The fourth-order valence-electron chi connectivity index (χ4n) is 2.94. The number of hydrogen-bond acceptors (Lipinski definition) is 2. The summed E-state index contributed by atoms with van der Waals surface area (Å²) in [5.74, 6) is 0.546. The Morgan fingerprint density at radius 2 is 1.19 bits per heavy atom. The summed E-state index contributed by atoms with van der Waals surface area (Å²) in [6, 6.07) is 24.7. The lowest BCUT2D eigenvalue weighted by molar-refractivity contribution is 0.475. The van der Waals surface area contributed by atoms with Crippen molar-refractivity contribution in [2.24, 2.45) is 0 Å². The fraction of sp³-hybridized carbons (Fsp3) is 0.0526. The van der Waals surface area contributed by atoms with Crippen LogP contribution >= 0.6 is 11.8 Å². The van der Waals surface area contributed by atoms with E-state index in [1.54, 1.807) is 12.1 Å². The number of fused-ring (bicyclic) bond motifs is 2. The molecule has 3 aromatic carbocycles. The molecule has 1 nitrogen and oxygen atoms in total. The molecule has 0 aromatic heterocycles. The minimum absolute atomic E-state index is 0.235. The summed E-state index contributed by atoms with van der Waals surface area (Å²) >= 11 is 1.83. The highest BCUT2D eigenvalue weighted by Gasteiger charge is 2.26. The third kappa shape index (κ3) is 2.12. The van der Waals surface area contributed by atoms with E-state index in [4.69, 9.17) is 0 Å². The summed E-state index contributed by atoms with van der Waals surface area (Å²) < 4.78 is 0. The van der Waals surface area contributed by atoms with E-state index in [9.17, 15) is 5.11 Å². The van der Waals surface area contributed by atoms with Crippen LogP contribution in [0.15, 0.2) is 82.6 Å². The van der Waals surface area contributed by atoms with Crippen molar-refractivity contribution in [1.82, 2.24) is 0 Å². The molecule has 1 N–H and O–H groups in total. The Balaban J connectivity index is 1.95. The van der Waals surface area contributed by atoms with Crippen molar-refractivity contribution < 1.29 is 5.11 Å². The molecule has 102 valence electrons. The minimum atomic E-state index is 0.235. The van der Waals surface area contributed by atoms with E-state index in [1.165, 1.54) is 26.5 Å². The zero-order valence-electron chi connectivity index (χ0n) is 11.4. The van der Waals surface area contributed by atoms with Crippen LogP contribution in [-0.4, -0.2) is 5.11 Å². The van der Waals surface area contributed by atoms with Crippen LogP contribution in [0.1, 0.15) is 22.6 Å². The maximum Gasteiger partial charge on any atom is 0.115 e. The van der Waals surface area contributed by atoms with Crippen LogP contribution in [0.3, 0.4) is 0 Å². The van der Waals surface area contributed by atoms with Gasteiger partial charge in [-0.15, -0.1) is 0 Å². The van der Waals surface area contributed by atoms with Gasteiger partial charge in [0, 0.05) is 15.7 Å². The maximum absolute atomic E-state index is 9.54. The van der Waals surface area contributed by atoms with Crippen molar-refractivity contribution >= 4 is 11.8 Å². The first-order valence-electron chi connectivity index (χ1n) is 6.97. The van der Waals surface area contributed by atoms with Gasteiger partial charge in [0.25, 0.3) is 0 Å². The number of hydrogen-bond donors (Lipinski definition) is 1. The zero-order valence-corrected chi connectivity index (χ0v) is 12.2. The van der Waals surface area contributed by atoms with E-state index >= 15 is 0 Å². The molecule has 21 heavy (non-hydrogen) atoms. The van der Waals surface area contributed by atoms with Crippen LogP contribution in [0.2, 0.25) is 0 Å². The van der Waals surface area contributed by atoms with Gasteiger partial charge in [0.15, 0.2) is 0 Å². The number of benzene rings is 3. The van der Waals surface area contributed by atoms with Crippen LogP contribution < -0.4 is 0 Å². The molecule has 0 aliphatic carbocycles. The van der Waals surface area contributed by atoms with Gasteiger partial charge in [-0.3, -0.25) is 0 Å². The van der Waals surface area contributed by atoms with Gasteiger partial charge in [0.1, 0.15) is 5.75 Å². The van der Waals surface area contributed by atoms with Crippen molar-refractivity contribution in [2.75, 3.05) is 0 Å². The fourth-order valence-corrected chi connectivity index (χ4v) is 4.07. The highest BCUT2D eigenvalue weighted by molar-refractivity contribution is 7.99. The molecule has 0 amide bonds. The average Bonchev–Trinajstić information content (AvgIpc) is 2.53. The molecule has 0 spiro atoms. The van der Waals surface area contributed by atoms with Crippen LogP contribution in [0.4, 0.5) is 0 Å². The summed E-state index contributed by atoms with van der Waals surface area (Å²) in [6.07, 6.45) is 0.